The lowest BCUT2D eigenvalue weighted by Crippen LogP contribution is -2.36. The summed E-state index contributed by atoms with van der Waals surface area (Å²) in [6, 6.07) is 14.5. The molecule has 6 rings (SSSR count). The predicted octanol–water partition coefficient (Wildman–Crippen LogP) is 5.38. The SMILES string of the molecule is CN(C)CC(=O)N1Cc2cc(Cl)ccc2-n2c(nnc2C2CCC(c3nsc4ccccc34)CC2)C1. The van der Waals surface area contributed by atoms with Crippen LogP contribution in [0.3, 0.4) is 0 Å². The Balaban J connectivity index is 1.29. The molecule has 2 aromatic carbocycles. The van der Waals surface area contributed by atoms with Gasteiger partial charge in [0.15, 0.2) is 5.82 Å². The van der Waals surface area contributed by atoms with Crippen molar-refractivity contribution in [3.05, 3.63) is 70.4 Å². The van der Waals surface area contributed by atoms with Gasteiger partial charge in [0.2, 0.25) is 5.91 Å². The average Bonchev–Trinajstić information content (AvgIpc) is 3.44. The fraction of sp³-hybridized carbons (Fsp3) is 0.407. The van der Waals surface area contributed by atoms with Crippen molar-refractivity contribution in [3.63, 3.8) is 0 Å². The van der Waals surface area contributed by atoms with Gasteiger partial charge >= 0.3 is 0 Å². The molecule has 1 aliphatic carbocycles. The average molecular weight is 521 g/mol. The Kier molecular flexibility index (Phi) is 6.27. The van der Waals surface area contributed by atoms with E-state index in [4.69, 9.17) is 21.1 Å². The molecular formula is C27H29ClN6OS. The number of carbonyl (C=O) groups excluding carboxylic acids is 1. The molecule has 0 spiro atoms. The van der Waals surface area contributed by atoms with Crippen molar-refractivity contribution >= 4 is 39.1 Å². The number of halogens is 1. The van der Waals surface area contributed by atoms with E-state index in [2.05, 4.69) is 33.9 Å². The van der Waals surface area contributed by atoms with Crippen LogP contribution in [0.5, 0.6) is 0 Å². The van der Waals surface area contributed by atoms with Crippen LogP contribution in [0.4, 0.5) is 0 Å². The molecule has 0 saturated heterocycles. The Morgan fingerprint density at radius 1 is 1.06 bits per heavy atom. The molecule has 186 valence electrons. The van der Waals surface area contributed by atoms with Crippen molar-refractivity contribution in [1.29, 1.82) is 0 Å². The Labute approximate surface area is 219 Å². The van der Waals surface area contributed by atoms with Crippen LogP contribution >= 0.6 is 23.1 Å². The Morgan fingerprint density at radius 2 is 1.83 bits per heavy atom. The maximum absolute atomic E-state index is 13.0. The molecule has 7 nitrogen and oxygen atoms in total. The van der Waals surface area contributed by atoms with Crippen molar-refractivity contribution in [2.75, 3.05) is 20.6 Å². The first-order valence-corrected chi connectivity index (χ1v) is 13.6. The highest BCUT2D eigenvalue weighted by Crippen LogP contribution is 2.43. The summed E-state index contributed by atoms with van der Waals surface area (Å²) in [7, 11) is 3.82. The van der Waals surface area contributed by atoms with Gasteiger partial charge in [-0.05, 0) is 81.1 Å². The second-order valence-corrected chi connectivity index (χ2v) is 11.4. The molecule has 0 N–H and O–H groups in total. The lowest BCUT2D eigenvalue weighted by molar-refractivity contribution is -0.133. The highest BCUT2D eigenvalue weighted by molar-refractivity contribution is 7.13. The summed E-state index contributed by atoms with van der Waals surface area (Å²) in [4.78, 5) is 16.8. The summed E-state index contributed by atoms with van der Waals surface area (Å²) in [6.45, 7) is 1.30. The highest BCUT2D eigenvalue weighted by atomic mass is 35.5. The topological polar surface area (TPSA) is 67.2 Å². The van der Waals surface area contributed by atoms with Crippen molar-refractivity contribution in [2.24, 2.45) is 0 Å². The maximum atomic E-state index is 13.0. The molecule has 0 unspecified atom stereocenters. The standard InChI is InChI=1S/C27H29ClN6OS/c1-32(2)16-25(35)33-14-19-13-20(28)11-12-22(19)34-24(15-33)29-30-27(34)18-9-7-17(8-10-18)26-21-5-3-4-6-23(21)36-31-26/h3-6,11-13,17-18H,7-10,14-16H2,1-2H3. The zero-order valence-corrected chi connectivity index (χ0v) is 22.1. The maximum Gasteiger partial charge on any atom is 0.237 e. The number of benzene rings is 2. The third-order valence-electron chi connectivity index (χ3n) is 7.42. The van der Waals surface area contributed by atoms with Gasteiger partial charge in [0, 0.05) is 28.8 Å². The number of hydrogen-bond acceptors (Lipinski definition) is 6. The Hall–Kier alpha value is -2.81. The normalized spacial score (nSPS) is 19.8. The lowest BCUT2D eigenvalue weighted by Gasteiger charge is -2.27. The molecule has 0 radical (unpaired) electrons. The second-order valence-electron chi connectivity index (χ2n) is 10.2. The molecular weight excluding hydrogens is 492 g/mol. The van der Waals surface area contributed by atoms with Crippen LogP contribution in [0.2, 0.25) is 5.02 Å². The molecule has 1 saturated carbocycles. The molecule has 0 atom stereocenters. The van der Waals surface area contributed by atoms with Gasteiger partial charge < -0.3 is 9.80 Å². The van der Waals surface area contributed by atoms with E-state index >= 15 is 0 Å². The van der Waals surface area contributed by atoms with Gasteiger partial charge in [0.05, 0.1) is 29.2 Å². The summed E-state index contributed by atoms with van der Waals surface area (Å²) in [6.07, 6.45) is 4.25. The molecule has 2 aliphatic rings. The minimum Gasteiger partial charge on any atom is -0.330 e. The molecule has 0 bridgehead atoms. The number of fused-ring (bicyclic) bond motifs is 4. The van der Waals surface area contributed by atoms with E-state index in [0.717, 1.165) is 48.6 Å². The van der Waals surface area contributed by atoms with Crippen LogP contribution in [0.15, 0.2) is 42.5 Å². The zero-order chi connectivity index (χ0) is 24.8. The summed E-state index contributed by atoms with van der Waals surface area (Å²) in [5, 5.41) is 11.3. The number of nitrogens with zero attached hydrogens (tertiary/aromatic N) is 6. The summed E-state index contributed by atoms with van der Waals surface area (Å²) in [5.74, 6) is 2.68. The number of likely N-dealkylation sites (N-methyl/N-ethyl adjacent to an activating group) is 1. The Bertz CT molecular complexity index is 1420. The van der Waals surface area contributed by atoms with Gasteiger partial charge in [0.25, 0.3) is 0 Å². The first-order valence-electron chi connectivity index (χ1n) is 12.5. The molecule has 1 aliphatic heterocycles. The van der Waals surface area contributed by atoms with E-state index in [-0.39, 0.29) is 5.91 Å². The largest absolute Gasteiger partial charge is 0.330 e. The van der Waals surface area contributed by atoms with Gasteiger partial charge in [-0.25, -0.2) is 0 Å². The van der Waals surface area contributed by atoms with E-state index < -0.39 is 0 Å². The highest BCUT2D eigenvalue weighted by Gasteiger charge is 2.33. The van der Waals surface area contributed by atoms with Crippen molar-refractivity contribution < 1.29 is 4.79 Å². The molecule has 1 amide bonds. The van der Waals surface area contributed by atoms with Gasteiger partial charge in [-0.15, -0.1) is 10.2 Å². The smallest absolute Gasteiger partial charge is 0.237 e. The van der Waals surface area contributed by atoms with E-state index in [1.807, 2.05) is 42.1 Å². The third kappa shape index (κ3) is 4.31. The van der Waals surface area contributed by atoms with Gasteiger partial charge in [0.1, 0.15) is 5.82 Å². The zero-order valence-electron chi connectivity index (χ0n) is 20.5. The van der Waals surface area contributed by atoms with Gasteiger partial charge in [-0.1, -0.05) is 29.8 Å². The fourth-order valence-corrected chi connectivity index (χ4v) is 6.71. The van der Waals surface area contributed by atoms with Crippen LogP contribution < -0.4 is 0 Å². The fourth-order valence-electron chi connectivity index (χ4n) is 5.66. The van der Waals surface area contributed by atoms with E-state index in [1.165, 1.54) is 15.8 Å². The van der Waals surface area contributed by atoms with Crippen LogP contribution in [-0.2, 0) is 17.9 Å². The summed E-state index contributed by atoms with van der Waals surface area (Å²) in [5.41, 5.74) is 3.31. The van der Waals surface area contributed by atoms with Crippen LogP contribution in [0, 0.1) is 0 Å². The molecule has 3 heterocycles. The van der Waals surface area contributed by atoms with Crippen LogP contribution in [-0.4, -0.2) is 55.5 Å². The second kappa shape index (κ2) is 9.57. The van der Waals surface area contributed by atoms with E-state index in [9.17, 15) is 4.79 Å². The third-order valence-corrected chi connectivity index (χ3v) is 8.50. The summed E-state index contributed by atoms with van der Waals surface area (Å²) >= 11 is 7.98. The van der Waals surface area contributed by atoms with Crippen LogP contribution in [0.1, 0.15) is 60.4 Å². The number of hydrogen-bond donors (Lipinski definition) is 0. The molecule has 2 aromatic heterocycles. The number of rotatable bonds is 4. The molecule has 36 heavy (non-hydrogen) atoms. The van der Waals surface area contributed by atoms with Crippen molar-refractivity contribution in [1.82, 2.24) is 28.9 Å². The first kappa shape index (κ1) is 23.6. The monoisotopic (exact) mass is 520 g/mol. The van der Waals surface area contributed by atoms with Crippen LogP contribution in [0.25, 0.3) is 15.8 Å². The predicted molar refractivity (Wildman–Crippen MR) is 143 cm³/mol. The quantitative estimate of drug-likeness (QED) is 0.361. The van der Waals surface area contributed by atoms with E-state index in [1.54, 1.807) is 11.5 Å². The molecule has 9 heteroatoms. The van der Waals surface area contributed by atoms with E-state index in [0.29, 0.717) is 36.5 Å². The Morgan fingerprint density at radius 3 is 2.64 bits per heavy atom. The minimum absolute atomic E-state index is 0.0694. The summed E-state index contributed by atoms with van der Waals surface area (Å²) < 4.78 is 8.28. The first-order chi connectivity index (χ1) is 17.5. The minimum atomic E-state index is 0.0694. The van der Waals surface area contributed by atoms with Crippen molar-refractivity contribution in [2.45, 2.75) is 50.6 Å². The number of amides is 1. The number of aromatic nitrogens is 4. The molecule has 1 fully saturated rings. The van der Waals surface area contributed by atoms with Crippen molar-refractivity contribution in [3.8, 4) is 5.69 Å². The number of carbonyl (C=O) groups is 1. The lowest BCUT2D eigenvalue weighted by atomic mass is 9.79. The van der Waals surface area contributed by atoms with Gasteiger partial charge in [-0.2, -0.15) is 4.37 Å². The van der Waals surface area contributed by atoms with Gasteiger partial charge in [-0.3, -0.25) is 9.36 Å². The molecule has 4 aromatic rings.